The first-order valence-corrected chi connectivity index (χ1v) is 9.84. The minimum atomic E-state index is 0.0282. The number of rotatable bonds is 5. The van der Waals surface area contributed by atoms with Gasteiger partial charge in [-0.15, -0.1) is 0 Å². The van der Waals surface area contributed by atoms with E-state index in [0.29, 0.717) is 13.1 Å². The smallest absolute Gasteiger partial charge is 0.246 e. The Labute approximate surface area is 176 Å². The van der Waals surface area contributed by atoms with Crippen LogP contribution < -0.4 is 19.9 Å². The zero-order valence-corrected chi connectivity index (χ0v) is 17.4. The van der Waals surface area contributed by atoms with Crippen molar-refractivity contribution in [3.63, 3.8) is 0 Å². The highest BCUT2D eigenvalue weighted by molar-refractivity contribution is 5.97. The fourth-order valence-electron chi connectivity index (χ4n) is 3.53. The van der Waals surface area contributed by atoms with Gasteiger partial charge in [0.1, 0.15) is 23.7 Å². The van der Waals surface area contributed by atoms with Crippen molar-refractivity contribution in [3.8, 4) is 5.75 Å². The second-order valence-corrected chi connectivity index (χ2v) is 7.40. The van der Waals surface area contributed by atoms with E-state index in [2.05, 4.69) is 15.3 Å². The Bertz CT molecular complexity index is 1030. The number of aryl methyl sites for hydroxylation is 1. The number of benzene rings is 2. The molecule has 0 aliphatic carbocycles. The summed E-state index contributed by atoms with van der Waals surface area (Å²) < 4.78 is 5.22. The second kappa shape index (κ2) is 8.41. The van der Waals surface area contributed by atoms with Crippen LogP contribution in [-0.4, -0.2) is 36.6 Å². The molecule has 1 aromatic heterocycles. The molecule has 0 saturated carbocycles. The zero-order valence-electron chi connectivity index (χ0n) is 17.4. The number of fused-ring (bicyclic) bond motifs is 1. The van der Waals surface area contributed by atoms with Gasteiger partial charge in [0.15, 0.2) is 0 Å². The molecule has 7 heteroatoms. The Morgan fingerprint density at radius 2 is 1.77 bits per heavy atom. The molecule has 7 nitrogen and oxygen atoms in total. The number of nitrogens with one attached hydrogen (secondary N) is 1. The Morgan fingerprint density at radius 3 is 2.47 bits per heavy atom. The molecule has 154 valence electrons. The number of anilines is 3. The molecule has 1 N–H and O–H groups in total. The Kier molecular flexibility index (Phi) is 5.52. The third kappa shape index (κ3) is 4.05. The zero-order chi connectivity index (χ0) is 21.1. The van der Waals surface area contributed by atoms with Crippen LogP contribution in [0.15, 0.2) is 54.9 Å². The van der Waals surface area contributed by atoms with E-state index >= 15 is 0 Å². The maximum absolute atomic E-state index is 12.9. The van der Waals surface area contributed by atoms with Crippen molar-refractivity contribution in [1.29, 1.82) is 0 Å². The minimum absolute atomic E-state index is 0.0282. The number of aromatic nitrogens is 2. The maximum atomic E-state index is 12.9. The first-order valence-electron chi connectivity index (χ1n) is 9.84. The average Bonchev–Trinajstić information content (AvgIpc) is 2.89. The van der Waals surface area contributed by atoms with Gasteiger partial charge >= 0.3 is 0 Å². The van der Waals surface area contributed by atoms with Gasteiger partial charge in [0.05, 0.1) is 25.8 Å². The van der Waals surface area contributed by atoms with Gasteiger partial charge in [-0.3, -0.25) is 4.79 Å². The van der Waals surface area contributed by atoms with Crippen molar-refractivity contribution < 1.29 is 9.53 Å². The largest absolute Gasteiger partial charge is 0.497 e. The van der Waals surface area contributed by atoms with Gasteiger partial charge < -0.3 is 19.9 Å². The summed E-state index contributed by atoms with van der Waals surface area (Å²) in [5.41, 5.74) is 4.04. The molecule has 0 radical (unpaired) electrons. The standard InChI is InChI=1S/C23H25N5O2/c1-16-4-8-18(9-5-16)28-13-20-22(24-12-17-6-10-19(30-3)11-7-17)25-15-26-23(20)27(2)14-21(28)29/h4-11,15H,12-14H2,1-3H3,(H,24,25,26). The van der Waals surface area contributed by atoms with Crippen LogP contribution in [0.4, 0.5) is 17.3 Å². The van der Waals surface area contributed by atoms with E-state index in [0.717, 1.165) is 39.8 Å². The normalized spacial score (nSPS) is 13.6. The van der Waals surface area contributed by atoms with E-state index in [1.54, 1.807) is 12.0 Å². The lowest BCUT2D eigenvalue weighted by Crippen LogP contribution is -2.35. The lowest BCUT2D eigenvalue weighted by molar-refractivity contribution is -0.117. The molecule has 0 spiro atoms. The molecule has 0 unspecified atom stereocenters. The SMILES string of the molecule is COc1ccc(CNc2ncnc3c2CN(c2ccc(C)cc2)C(=O)CN3C)cc1. The third-order valence-electron chi connectivity index (χ3n) is 5.24. The average molecular weight is 403 g/mol. The molecule has 2 heterocycles. The van der Waals surface area contributed by atoms with Crippen LogP contribution in [0.1, 0.15) is 16.7 Å². The molecule has 0 bridgehead atoms. The lowest BCUT2D eigenvalue weighted by atomic mass is 10.2. The van der Waals surface area contributed by atoms with E-state index in [1.165, 1.54) is 6.33 Å². The van der Waals surface area contributed by atoms with Crippen molar-refractivity contribution in [2.45, 2.75) is 20.0 Å². The van der Waals surface area contributed by atoms with Gasteiger partial charge in [-0.2, -0.15) is 0 Å². The summed E-state index contributed by atoms with van der Waals surface area (Å²) in [5, 5.41) is 3.41. The fraction of sp³-hybridized carbons (Fsp3) is 0.261. The molecule has 0 atom stereocenters. The predicted octanol–water partition coefficient (Wildman–Crippen LogP) is 3.39. The summed E-state index contributed by atoms with van der Waals surface area (Å²) in [6, 6.07) is 15.9. The van der Waals surface area contributed by atoms with E-state index in [4.69, 9.17) is 4.74 Å². The van der Waals surface area contributed by atoms with Gasteiger partial charge in [0, 0.05) is 19.3 Å². The molecule has 0 fully saturated rings. The van der Waals surface area contributed by atoms with Gasteiger partial charge in [0.2, 0.25) is 5.91 Å². The van der Waals surface area contributed by atoms with Crippen molar-refractivity contribution >= 4 is 23.2 Å². The van der Waals surface area contributed by atoms with Crippen LogP contribution in [0.2, 0.25) is 0 Å². The van der Waals surface area contributed by atoms with E-state index < -0.39 is 0 Å². The van der Waals surface area contributed by atoms with Crippen molar-refractivity contribution in [2.75, 3.05) is 35.8 Å². The van der Waals surface area contributed by atoms with E-state index in [1.807, 2.05) is 67.4 Å². The predicted molar refractivity (Wildman–Crippen MR) is 118 cm³/mol. The number of carbonyl (C=O) groups excluding carboxylic acids is 1. The number of hydrogen-bond acceptors (Lipinski definition) is 6. The Balaban J connectivity index is 1.62. The molecule has 30 heavy (non-hydrogen) atoms. The van der Waals surface area contributed by atoms with Crippen LogP contribution >= 0.6 is 0 Å². The topological polar surface area (TPSA) is 70.6 Å². The number of carbonyl (C=O) groups is 1. The highest BCUT2D eigenvalue weighted by atomic mass is 16.5. The number of hydrogen-bond donors (Lipinski definition) is 1. The maximum Gasteiger partial charge on any atom is 0.246 e. The number of nitrogens with zero attached hydrogens (tertiary/aromatic N) is 4. The molecule has 3 aromatic rings. The number of ether oxygens (including phenoxy) is 1. The van der Waals surface area contributed by atoms with Gasteiger partial charge in [-0.05, 0) is 36.8 Å². The van der Waals surface area contributed by atoms with Crippen molar-refractivity contribution in [2.24, 2.45) is 0 Å². The summed E-state index contributed by atoms with van der Waals surface area (Å²) in [6.45, 7) is 3.31. The van der Waals surface area contributed by atoms with Crippen LogP contribution in [0, 0.1) is 6.92 Å². The molecular formula is C23H25N5O2. The lowest BCUT2D eigenvalue weighted by Gasteiger charge is -2.22. The first kappa shape index (κ1) is 19.7. The van der Waals surface area contributed by atoms with Crippen molar-refractivity contribution in [3.05, 3.63) is 71.5 Å². The summed E-state index contributed by atoms with van der Waals surface area (Å²) in [5.74, 6) is 2.35. The Morgan fingerprint density at radius 1 is 1.03 bits per heavy atom. The molecular weight excluding hydrogens is 378 g/mol. The molecule has 1 aliphatic rings. The van der Waals surface area contributed by atoms with E-state index in [-0.39, 0.29) is 12.5 Å². The number of amides is 1. The summed E-state index contributed by atoms with van der Waals surface area (Å²) in [6.07, 6.45) is 1.54. The summed E-state index contributed by atoms with van der Waals surface area (Å²) >= 11 is 0. The third-order valence-corrected chi connectivity index (χ3v) is 5.24. The summed E-state index contributed by atoms with van der Waals surface area (Å²) in [4.78, 5) is 25.5. The first-order chi connectivity index (χ1) is 14.5. The number of likely N-dealkylation sites (N-methyl/N-ethyl adjacent to an activating group) is 1. The minimum Gasteiger partial charge on any atom is -0.497 e. The van der Waals surface area contributed by atoms with Crippen LogP contribution in [0.5, 0.6) is 5.75 Å². The van der Waals surface area contributed by atoms with Crippen LogP contribution in [-0.2, 0) is 17.9 Å². The highest BCUT2D eigenvalue weighted by Crippen LogP contribution is 2.30. The molecule has 1 aliphatic heterocycles. The van der Waals surface area contributed by atoms with Crippen LogP contribution in [0.3, 0.4) is 0 Å². The van der Waals surface area contributed by atoms with E-state index in [9.17, 15) is 4.79 Å². The van der Waals surface area contributed by atoms with Gasteiger partial charge in [-0.1, -0.05) is 29.8 Å². The highest BCUT2D eigenvalue weighted by Gasteiger charge is 2.28. The monoisotopic (exact) mass is 403 g/mol. The fourth-order valence-corrected chi connectivity index (χ4v) is 3.53. The summed E-state index contributed by atoms with van der Waals surface area (Å²) in [7, 11) is 3.54. The quantitative estimate of drug-likeness (QED) is 0.704. The molecule has 1 amide bonds. The molecule has 4 rings (SSSR count). The van der Waals surface area contributed by atoms with Crippen LogP contribution in [0.25, 0.3) is 0 Å². The molecule has 0 saturated heterocycles. The second-order valence-electron chi connectivity index (χ2n) is 7.40. The van der Waals surface area contributed by atoms with Crippen molar-refractivity contribution in [1.82, 2.24) is 9.97 Å². The Hall–Kier alpha value is -3.61. The van der Waals surface area contributed by atoms with Gasteiger partial charge in [0.25, 0.3) is 0 Å². The molecule has 2 aromatic carbocycles. The van der Waals surface area contributed by atoms with Gasteiger partial charge in [-0.25, -0.2) is 9.97 Å². The number of methoxy groups -OCH3 is 1.